The van der Waals surface area contributed by atoms with Crippen LogP contribution in [0.4, 0.5) is 0 Å². The first-order valence-electron chi connectivity index (χ1n) is 1.80. The van der Waals surface area contributed by atoms with E-state index in [0.717, 1.165) is 7.11 Å². The highest BCUT2D eigenvalue weighted by Crippen LogP contribution is 1.74. The van der Waals surface area contributed by atoms with Crippen LogP contribution in [0, 0.1) is 11.3 Å². The van der Waals surface area contributed by atoms with Gasteiger partial charge in [0.05, 0.1) is 13.2 Å². The average Bonchev–Trinajstić information content (AvgIpc) is 1.67. The maximum Gasteiger partial charge on any atom is 0.217 e. The normalized spacial score (nSPS) is 8.67. The van der Waals surface area contributed by atoms with Gasteiger partial charge in [-0.2, -0.15) is 5.26 Å². The molecule has 6 heteroatoms. The maximum atomic E-state index is 9.22. The van der Waals surface area contributed by atoms with Gasteiger partial charge in [0.2, 0.25) is 10.4 Å². The van der Waals surface area contributed by atoms with Gasteiger partial charge in [0.15, 0.2) is 0 Å². The number of rotatable bonds is 1. The molecule has 0 fully saturated rings. The molecule has 0 aromatic rings. The first-order valence-corrected chi connectivity index (χ1v) is 3.13. The Morgan fingerprint density at radius 2 is 1.78 bits per heavy atom. The molecule has 0 unspecified atom stereocenters. The molecule has 0 aliphatic rings. The Kier molecular flexibility index (Phi) is 6.84. The number of hydrogen-bond donors (Lipinski definition) is 0. The topological polar surface area (TPSA) is 90.2 Å². The van der Waals surface area contributed by atoms with Gasteiger partial charge in [-0.15, -0.1) is 0 Å². The number of hydrogen-bond acceptors (Lipinski definition) is 5. The van der Waals surface area contributed by atoms with Crippen LogP contribution < -0.4 is 0 Å². The minimum Gasteiger partial charge on any atom is -0.726 e. The summed E-state index contributed by atoms with van der Waals surface area (Å²) in [6, 6.07) is 1.75. The van der Waals surface area contributed by atoms with E-state index < -0.39 is 10.4 Å². The molecule has 0 atom stereocenters. The molecular weight excluding hydrogens is 146 g/mol. The van der Waals surface area contributed by atoms with E-state index in [-0.39, 0.29) is 0 Å². The molecule has 0 saturated heterocycles. The second-order valence-electron chi connectivity index (χ2n) is 0.799. The molecule has 0 rings (SSSR count). The molecule has 0 bridgehead atoms. The Balaban J connectivity index is 0. The van der Waals surface area contributed by atoms with Crippen LogP contribution in [-0.2, 0) is 14.6 Å². The van der Waals surface area contributed by atoms with Gasteiger partial charge in [-0.25, -0.2) is 8.42 Å². The second-order valence-corrected chi connectivity index (χ2v) is 1.95. The van der Waals surface area contributed by atoms with Gasteiger partial charge in [-0.1, -0.05) is 0 Å². The van der Waals surface area contributed by atoms with Crippen LogP contribution >= 0.6 is 0 Å². The lowest BCUT2D eigenvalue weighted by atomic mass is 11.0. The Labute approximate surface area is 53.8 Å². The van der Waals surface area contributed by atoms with Crippen molar-refractivity contribution in [2.75, 3.05) is 7.11 Å². The van der Waals surface area contributed by atoms with Crippen LogP contribution in [-0.4, -0.2) is 20.1 Å². The molecule has 5 nitrogen and oxygen atoms in total. The molecule has 0 aromatic carbocycles. The Bertz CT molecular complexity index is 176. The van der Waals surface area contributed by atoms with E-state index in [9.17, 15) is 13.0 Å². The van der Waals surface area contributed by atoms with Crippen LogP contribution in [0.5, 0.6) is 0 Å². The van der Waals surface area contributed by atoms with Gasteiger partial charge in [0.1, 0.15) is 0 Å². The van der Waals surface area contributed by atoms with E-state index in [1.807, 2.05) is 0 Å². The first kappa shape index (κ1) is 11.2. The van der Waals surface area contributed by atoms with Gasteiger partial charge in [-0.3, -0.25) is 4.18 Å². The smallest absolute Gasteiger partial charge is 0.217 e. The van der Waals surface area contributed by atoms with E-state index in [2.05, 4.69) is 4.18 Å². The molecule has 0 heterocycles. The van der Waals surface area contributed by atoms with Crippen LogP contribution in [0.2, 0.25) is 0 Å². The van der Waals surface area contributed by atoms with E-state index in [4.69, 9.17) is 5.26 Å². The van der Waals surface area contributed by atoms with Gasteiger partial charge in [0, 0.05) is 6.92 Å². The van der Waals surface area contributed by atoms with Crippen LogP contribution in [0.1, 0.15) is 6.92 Å². The van der Waals surface area contributed by atoms with Crippen molar-refractivity contribution in [2.24, 2.45) is 0 Å². The van der Waals surface area contributed by atoms with Crippen molar-refractivity contribution >= 4 is 10.4 Å². The fourth-order valence-electron chi connectivity index (χ4n) is 0. The van der Waals surface area contributed by atoms with Gasteiger partial charge in [0.25, 0.3) is 0 Å². The van der Waals surface area contributed by atoms with Crippen LogP contribution in [0.25, 0.3) is 0 Å². The quantitative estimate of drug-likeness (QED) is 0.377. The van der Waals surface area contributed by atoms with Crippen molar-refractivity contribution in [3.8, 4) is 6.07 Å². The van der Waals surface area contributed by atoms with E-state index >= 15 is 0 Å². The minimum absolute atomic E-state index is 0.808. The van der Waals surface area contributed by atoms with E-state index in [1.165, 1.54) is 6.92 Å². The highest BCUT2D eigenvalue weighted by molar-refractivity contribution is 7.80. The molecule has 0 N–H and O–H groups in total. The summed E-state index contributed by atoms with van der Waals surface area (Å²) in [5.74, 6) is 0. The predicted molar refractivity (Wildman–Crippen MR) is 28.0 cm³/mol. The molecule has 9 heavy (non-hydrogen) atoms. The summed E-state index contributed by atoms with van der Waals surface area (Å²) in [5.41, 5.74) is 0. The number of nitriles is 1. The van der Waals surface area contributed by atoms with Crippen molar-refractivity contribution in [3.63, 3.8) is 0 Å². The predicted octanol–water partition coefficient (Wildman–Crippen LogP) is -0.377. The largest absolute Gasteiger partial charge is 0.726 e. The highest BCUT2D eigenvalue weighted by atomic mass is 32.3. The summed E-state index contributed by atoms with van der Waals surface area (Å²) in [7, 11) is -3.60. The summed E-state index contributed by atoms with van der Waals surface area (Å²) in [5, 5.41) is 7.32. The van der Waals surface area contributed by atoms with Crippen LogP contribution in [0.3, 0.4) is 0 Å². The average molecular weight is 152 g/mol. The van der Waals surface area contributed by atoms with E-state index in [1.54, 1.807) is 6.07 Å². The fourth-order valence-corrected chi connectivity index (χ4v) is 0. The summed E-state index contributed by atoms with van der Waals surface area (Å²) in [4.78, 5) is 0. The molecule has 54 valence electrons. The zero-order chi connectivity index (χ0) is 7.91. The standard InChI is InChI=1S/C2H3N.CH4O4S/c1-2-3;1-5-6(2,3)4/h1H3;1H3,(H,2,3,4)/p-1. The second kappa shape index (κ2) is 5.50. The minimum atomic E-state index is -4.41. The lowest BCUT2D eigenvalue weighted by molar-refractivity contribution is 0.314. The van der Waals surface area contributed by atoms with E-state index in [0.29, 0.717) is 0 Å². The highest BCUT2D eigenvalue weighted by Gasteiger charge is 1.79. The molecular formula is C3H6NO4S-. The third-order valence-corrected chi connectivity index (χ3v) is 0.612. The van der Waals surface area contributed by atoms with Crippen molar-refractivity contribution in [3.05, 3.63) is 0 Å². The number of nitrogens with zero attached hydrogens (tertiary/aromatic N) is 1. The van der Waals surface area contributed by atoms with Crippen molar-refractivity contribution in [1.82, 2.24) is 0 Å². The van der Waals surface area contributed by atoms with Crippen molar-refractivity contribution < 1.29 is 17.2 Å². The van der Waals surface area contributed by atoms with Gasteiger partial charge < -0.3 is 4.55 Å². The molecule has 0 saturated carbocycles. The van der Waals surface area contributed by atoms with Crippen molar-refractivity contribution in [1.29, 1.82) is 5.26 Å². The fraction of sp³-hybridized carbons (Fsp3) is 0.667. The lowest BCUT2D eigenvalue weighted by Crippen LogP contribution is -1.97. The summed E-state index contributed by atoms with van der Waals surface area (Å²) in [6.45, 7) is 1.43. The summed E-state index contributed by atoms with van der Waals surface area (Å²) >= 11 is 0. The zero-order valence-corrected chi connectivity index (χ0v) is 5.80. The van der Waals surface area contributed by atoms with Crippen molar-refractivity contribution in [2.45, 2.75) is 6.92 Å². The lowest BCUT2D eigenvalue weighted by Gasteiger charge is -1.98. The summed E-state index contributed by atoms with van der Waals surface area (Å²) in [6.07, 6.45) is 0. The first-order chi connectivity index (χ1) is 3.97. The molecule has 0 aromatic heterocycles. The molecule has 0 radical (unpaired) electrons. The molecule has 0 aliphatic carbocycles. The zero-order valence-electron chi connectivity index (χ0n) is 4.99. The molecule has 0 spiro atoms. The SMILES string of the molecule is CC#N.COS(=O)(=O)[O-]. The monoisotopic (exact) mass is 152 g/mol. The third kappa shape index (κ3) is 38.0. The molecule has 0 aliphatic heterocycles. The Morgan fingerprint density at radius 3 is 1.78 bits per heavy atom. The maximum absolute atomic E-state index is 9.22. The summed E-state index contributed by atoms with van der Waals surface area (Å²) < 4.78 is 31.0. The van der Waals surface area contributed by atoms with Crippen LogP contribution in [0.15, 0.2) is 0 Å². The van der Waals surface area contributed by atoms with Gasteiger partial charge in [-0.05, 0) is 0 Å². The molecule has 0 amide bonds. The Hall–Kier alpha value is -0.640. The Morgan fingerprint density at radius 1 is 1.67 bits per heavy atom. The third-order valence-electron chi connectivity index (χ3n) is 0.204. The van der Waals surface area contributed by atoms with Gasteiger partial charge >= 0.3 is 0 Å².